The zero-order valence-corrected chi connectivity index (χ0v) is 23.3. The van der Waals surface area contributed by atoms with E-state index in [2.05, 4.69) is 21.2 Å². The van der Waals surface area contributed by atoms with E-state index in [0.29, 0.717) is 49.6 Å². The van der Waals surface area contributed by atoms with Crippen LogP contribution in [0.25, 0.3) is 6.08 Å². The van der Waals surface area contributed by atoms with Crippen LogP contribution in [0.2, 0.25) is 5.02 Å². The number of methoxy groups -OCH3 is 1. The minimum atomic E-state index is -0.615. The number of nitrogens with one attached hydrogen (secondary N) is 1. The van der Waals surface area contributed by atoms with Crippen LogP contribution < -0.4 is 14.8 Å². The van der Waals surface area contributed by atoms with Gasteiger partial charge in [-0.15, -0.1) is 0 Å². The summed E-state index contributed by atoms with van der Waals surface area (Å²) in [6.45, 7) is -0.416. The maximum atomic E-state index is 12.9. The summed E-state index contributed by atoms with van der Waals surface area (Å²) >= 11 is 10.2. The Morgan fingerprint density at radius 2 is 1.92 bits per heavy atom. The van der Waals surface area contributed by atoms with Crippen LogP contribution in [0.4, 0.5) is 16.2 Å². The number of nitro benzene ring substituents is 1. The molecule has 1 heterocycles. The van der Waals surface area contributed by atoms with Gasteiger partial charge in [0.2, 0.25) is 5.91 Å². The lowest BCUT2D eigenvalue weighted by atomic mass is 10.1. The molecule has 0 aliphatic carbocycles. The Morgan fingerprint density at radius 1 is 1.15 bits per heavy atom. The summed E-state index contributed by atoms with van der Waals surface area (Å²) in [6, 6.07) is 15.9. The van der Waals surface area contributed by atoms with Crippen molar-refractivity contribution in [2.75, 3.05) is 19.0 Å². The molecule has 0 spiro atoms. The van der Waals surface area contributed by atoms with Crippen molar-refractivity contribution in [3.05, 3.63) is 96.3 Å². The summed E-state index contributed by atoms with van der Waals surface area (Å²) in [4.78, 5) is 49.4. The number of hydrogen-bond acceptors (Lipinski definition) is 8. The topological polar surface area (TPSA) is 128 Å². The highest BCUT2D eigenvalue weighted by Crippen LogP contribution is 2.38. The van der Waals surface area contributed by atoms with Gasteiger partial charge < -0.3 is 14.8 Å². The quantitative estimate of drug-likeness (QED) is 0.166. The Labute approximate surface area is 240 Å². The van der Waals surface area contributed by atoms with E-state index >= 15 is 0 Å². The summed E-state index contributed by atoms with van der Waals surface area (Å²) < 4.78 is 11.8. The molecule has 0 radical (unpaired) electrons. The molecule has 13 heteroatoms. The van der Waals surface area contributed by atoms with Gasteiger partial charge in [0.1, 0.15) is 13.2 Å². The predicted octanol–water partition coefficient (Wildman–Crippen LogP) is 6.27. The van der Waals surface area contributed by atoms with E-state index < -0.39 is 28.5 Å². The van der Waals surface area contributed by atoms with Crippen LogP contribution in [0, 0.1) is 10.1 Å². The monoisotopic (exact) mass is 631 g/mol. The molecule has 200 valence electrons. The lowest BCUT2D eigenvalue weighted by Gasteiger charge is -2.14. The number of halogens is 2. The van der Waals surface area contributed by atoms with Crippen molar-refractivity contribution in [3.8, 4) is 11.5 Å². The van der Waals surface area contributed by atoms with E-state index in [1.807, 2.05) is 0 Å². The fourth-order valence-electron chi connectivity index (χ4n) is 3.53. The average molecular weight is 633 g/mol. The molecule has 4 rings (SSSR count). The molecule has 0 aromatic heterocycles. The number of carbonyl (C=O) groups excluding carboxylic acids is 3. The number of carbonyl (C=O) groups is 3. The normalized spacial score (nSPS) is 14.0. The molecule has 1 aliphatic heterocycles. The average Bonchev–Trinajstić information content (AvgIpc) is 3.17. The third-order valence-corrected chi connectivity index (χ3v) is 7.33. The molecule has 1 saturated heterocycles. The van der Waals surface area contributed by atoms with Gasteiger partial charge in [0.15, 0.2) is 11.5 Å². The fraction of sp³-hybridized carbons (Fsp3) is 0.115. The van der Waals surface area contributed by atoms with E-state index in [9.17, 15) is 24.5 Å². The molecule has 0 atom stereocenters. The minimum Gasteiger partial charge on any atom is -0.493 e. The third kappa shape index (κ3) is 6.77. The van der Waals surface area contributed by atoms with E-state index in [1.165, 1.54) is 25.3 Å². The first kappa shape index (κ1) is 28.1. The van der Waals surface area contributed by atoms with E-state index in [4.69, 9.17) is 21.1 Å². The first-order chi connectivity index (χ1) is 18.7. The molecule has 0 unspecified atom stereocenters. The van der Waals surface area contributed by atoms with E-state index in [-0.39, 0.29) is 17.2 Å². The van der Waals surface area contributed by atoms with Crippen molar-refractivity contribution < 1.29 is 28.8 Å². The molecule has 3 amide bonds. The molecular formula is C26H19BrClN3O7S. The largest absolute Gasteiger partial charge is 0.493 e. The highest BCUT2D eigenvalue weighted by atomic mass is 79.9. The molecule has 1 fully saturated rings. The number of nitro groups is 1. The van der Waals surface area contributed by atoms with Gasteiger partial charge in [0, 0.05) is 16.6 Å². The number of para-hydroxylation sites is 1. The molecule has 39 heavy (non-hydrogen) atoms. The summed E-state index contributed by atoms with van der Waals surface area (Å²) in [7, 11) is 1.44. The Balaban J connectivity index is 1.48. The summed E-state index contributed by atoms with van der Waals surface area (Å²) in [6.07, 6.45) is 1.51. The van der Waals surface area contributed by atoms with Crippen molar-refractivity contribution >= 4 is 73.8 Å². The zero-order chi connectivity index (χ0) is 28.1. The maximum Gasteiger partial charge on any atom is 0.294 e. The highest BCUT2D eigenvalue weighted by Gasteiger charge is 2.36. The molecule has 0 saturated carbocycles. The third-order valence-electron chi connectivity index (χ3n) is 5.41. The number of non-ortho nitro benzene ring substituents is 1. The van der Waals surface area contributed by atoms with Crippen LogP contribution in [0.3, 0.4) is 0 Å². The Hall–Kier alpha value is -3.87. The molecule has 0 bridgehead atoms. The van der Waals surface area contributed by atoms with Crippen molar-refractivity contribution in [2.45, 2.75) is 6.61 Å². The van der Waals surface area contributed by atoms with Crippen molar-refractivity contribution in [1.82, 2.24) is 4.90 Å². The highest BCUT2D eigenvalue weighted by molar-refractivity contribution is 9.10. The number of amides is 3. The molecule has 1 N–H and O–H groups in total. The van der Waals surface area contributed by atoms with Gasteiger partial charge in [-0.2, -0.15) is 0 Å². The van der Waals surface area contributed by atoms with Crippen LogP contribution in [0.5, 0.6) is 11.5 Å². The minimum absolute atomic E-state index is 0.0464. The second-order valence-corrected chi connectivity index (χ2v) is 10.3. The Morgan fingerprint density at radius 3 is 2.64 bits per heavy atom. The number of nitrogens with zero attached hydrogens (tertiary/aromatic N) is 2. The van der Waals surface area contributed by atoms with Gasteiger partial charge in [-0.05, 0) is 53.2 Å². The van der Waals surface area contributed by atoms with Crippen molar-refractivity contribution in [2.24, 2.45) is 0 Å². The lowest BCUT2D eigenvalue weighted by molar-refractivity contribution is -0.384. The fourth-order valence-corrected chi connectivity index (χ4v) is 4.98. The first-order valence-corrected chi connectivity index (χ1v) is 13.2. The Bertz CT molecular complexity index is 1510. The summed E-state index contributed by atoms with van der Waals surface area (Å²) in [5, 5.41) is 13.3. The van der Waals surface area contributed by atoms with Crippen LogP contribution >= 0.6 is 39.3 Å². The number of hydrogen-bond donors (Lipinski definition) is 1. The number of benzene rings is 3. The van der Waals surface area contributed by atoms with Crippen LogP contribution in [-0.4, -0.2) is 40.5 Å². The Kier molecular flexibility index (Phi) is 8.90. The van der Waals surface area contributed by atoms with Crippen molar-refractivity contribution in [3.63, 3.8) is 0 Å². The molecule has 3 aromatic rings. The van der Waals surface area contributed by atoms with Gasteiger partial charge in [-0.25, -0.2) is 0 Å². The van der Waals surface area contributed by atoms with Gasteiger partial charge >= 0.3 is 0 Å². The van der Waals surface area contributed by atoms with Gasteiger partial charge in [-0.1, -0.05) is 51.8 Å². The summed E-state index contributed by atoms with van der Waals surface area (Å²) in [5.74, 6) is -0.485. The SMILES string of the molecule is COc1cc(/C=C2/SC(=O)N(CC(=O)Nc3ccccc3Cl)C2=O)c(Br)cc1OCc1cccc([N+](=O)[O-])c1. The molecule has 3 aromatic carbocycles. The second kappa shape index (κ2) is 12.3. The standard InChI is InChI=1S/C26H19BrClN3O7S/c1-37-21-10-16(18(27)12-22(21)38-14-15-5-4-6-17(9-15)31(35)36)11-23-25(33)30(26(34)39-23)13-24(32)29-20-8-3-2-7-19(20)28/h2-12H,13-14H2,1H3,(H,29,32)/b23-11+. The van der Waals surface area contributed by atoms with E-state index in [1.54, 1.807) is 48.5 Å². The second-order valence-electron chi connectivity index (χ2n) is 8.04. The van der Waals surface area contributed by atoms with Crippen LogP contribution in [0.1, 0.15) is 11.1 Å². The zero-order valence-electron chi connectivity index (χ0n) is 20.2. The molecular weight excluding hydrogens is 614 g/mol. The van der Waals surface area contributed by atoms with Crippen LogP contribution in [-0.2, 0) is 16.2 Å². The van der Waals surface area contributed by atoms with Crippen molar-refractivity contribution in [1.29, 1.82) is 0 Å². The van der Waals surface area contributed by atoms with Crippen LogP contribution in [0.15, 0.2) is 70.0 Å². The smallest absolute Gasteiger partial charge is 0.294 e. The van der Waals surface area contributed by atoms with E-state index in [0.717, 1.165) is 4.90 Å². The number of imide groups is 1. The maximum absolute atomic E-state index is 12.9. The molecule has 10 nitrogen and oxygen atoms in total. The first-order valence-electron chi connectivity index (χ1n) is 11.2. The summed E-state index contributed by atoms with van der Waals surface area (Å²) in [5.41, 5.74) is 1.45. The number of ether oxygens (including phenoxy) is 2. The lowest BCUT2D eigenvalue weighted by Crippen LogP contribution is -2.36. The molecule has 1 aliphatic rings. The predicted molar refractivity (Wildman–Crippen MR) is 151 cm³/mol. The van der Waals surface area contributed by atoms with Gasteiger partial charge in [0.05, 0.1) is 27.6 Å². The van der Waals surface area contributed by atoms with Gasteiger partial charge in [0.25, 0.3) is 16.8 Å². The number of anilines is 1. The van der Waals surface area contributed by atoms with Gasteiger partial charge in [-0.3, -0.25) is 29.4 Å². The number of thioether (sulfide) groups is 1. The number of rotatable bonds is 9.